The van der Waals surface area contributed by atoms with Crippen molar-refractivity contribution < 1.29 is 19.8 Å². The molecule has 2 bridgehead atoms. The second-order valence-electron chi connectivity index (χ2n) is 9.84. The quantitative estimate of drug-likeness (QED) is 0.811. The third-order valence-electron chi connectivity index (χ3n) is 8.94. The summed E-state index contributed by atoms with van der Waals surface area (Å²) in [7, 11) is 0. The molecule has 0 aromatic rings. The predicted octanol–water partition coefficient (Wildman–Crippen LogP) is 3.42. The zero-order valence-electron chi connectivity index (χ0n) is 14.9. The second-order valence-corrected chi connectivity index (χ2v) is 9.84. The Bertz CT molecular complexity index is 600. The third-order valence-corrected chi connectivity index (χ3v) is 8.94. The average Bonchev–Trinajstić information content (AvgIpc) is 2.73. The van der Waals surface area contributed by atoms with Crippen LogP contribution in [0.4, 0.5) is 0 Å². The minimum Gasteiger partial charge on any atom is -0.481 e. The third kappa shape index (κ3) is 1.79. The van der Waals surface area contributed by atoms with Crippen molar-refractivity contribution in [2.45, 2.75) is 71.6 Å². The van der Waals surface area contributed by atoms with Crippen LogP contribution in [0.2, 0.25) is 0 Å². The Morgan fingerprint density at radius 1 is 1.12 bits per heavy atom. The standard InChI is InChI=1S/C20H30O4/c1-17-6-3-7-18(2,16(23)24)13(17)4-8-19-10-15(22)20(11-19,12-21)9-5-14(17)19/h13-14,21H,3-12H2,1-2H3,(H,23,24)/t13?,14?,17-,18-,19+,20+/m1/s1. The van der Waals surface area contributed by atoms with Crippen molar-refractivity contribution in [1.29, 1.82) is 0 Å². The highest BCUT2D eigenvalue weighted by atomic mass is 16.4. The van der Waals surface area contributed by atoms with E-state index in [1.165, 1.54) is 0 Å². The molecule has 4 heteroatoms. The normalized spacial score (nSPS) is 53.4. The molecule has 24 heavy (non-hydrogen) atoms. The van der Waals surface area contributed by atoms with Crippen LogP contribution < -0.4 is 0 Å². The maximum atomic E-state index is 12.7. The lowest BCUT2D eigenvalue weighted by Gasteiger charge is -2.63. The van der Waals surface area contributed by atoms with E-state index in [9.17, 15) is 19.8 Å². The summed E-state index contributed by atoms with van der Waals surface area (Å²) in [6, 6.07) is 0. The fourth-order valence-corrected chi connectivity index (χ4v) is 7.81. The molecule has 4 fully saturated rings. The van der Waals surface area contributed by atoms with Gasteiger partial charge in [-0.1, -0.05) is 13.3 Å². The van der Waals surface area contributed by atoms with Crippen molar-refractivity contribution in [3.8, 4) is 0 Å². The lowest BCUT2D eigenvalue weighted by Crippen LogP contribution is -2.58. The summed E-state index contributed by atoms with van der Waals surface area (Å²) in [5.41, 5.74) is -1.05. The van der Waals surface area contributed by atoms with E-state index in [1.807, 2.05) is 6.92 Å². The van der Waals surface area contributed by atoms with Crippen LogP contribution in [0.25, 0.3) is 0 Å². The molecule has 4 saturated carbocycles. The highest BCUT2D eigenvalue weighted by Gasteiger charge is 2.68. The van der Waals surface area contributed by atoms with E-state index in [1.54, 1.807) is 0 Å². The number of aliphatic hydroxyl groups excluding tert-OH is 1. The fourth-order valence-electron chi connectivity index (χ4n) is 7.81. The van der Waals surface area contributed by atoms with Crippen LogP contribution in [0.3, 0.4) is 0 Å². The highest BCUT2D eigenvalue weighted by Crippen LogP contribution is 2.72. The van der Waals surface area contributed by atoms with E-state index < -0.39 is 16.8 Å². The summed E-state index contributed by atoms with van der Waals surface area (Å²) < 4.78 is 0. The summed E-state index contributed by atoms with van der Waals surface area (Å²) in [4.78, 5) is 24.8. The number of Topliss-reactive ketones (excluding diaryl/α,β-unsaturated/α-hetero) is 1. The van der Waals surface area contributed by atoms with Crippen molar-refractivity contribution in [3.63, 3.8) is 0 Å². The first kappa shape index (κ1) is 16.6. The smallest absolute Gasteiger partial charge is 0.309 e. The number of aliphatic hydroxyl groups is 1. The van der Waals surface area contributed by atoms with Gasteiger partial charge in [0.1, 0.15) is 5.78 Å². The van der Waals surface area contributed by atoms with E-state index in [2.05, 4.69) is 6.92 Å². The van der Waals surface area contributed by atoms with Gasteiger partial charge in [-0.2, -0.15) is 0 Å². The SMILES string of the molecule is C[C@@]12CCC[C@@](C)(C(=O)O)C1CC[C@@]13CC(=O)[C@@](CO)(CCC12)C3. The Kier molecular flexibility index (Phi) is 3.34. The number of hydrogen-bond donors (Lipinski definition) is 2. The highest BCUT2D eigenvalue weighted by molar-refractivity contribution is 5.88. The van der Waals surface area contributed by atoms with E-state index in [4.69, 9.17) is 0 Å². The van der Waals surface area contributed by atoms with Crippen LogP contribution in [0.15, 0.2) is 0 Å². The minimum atomic E-state index is -0.641. The maximum absolute atomic E-state index is 12.7. The van der Waals surface area contributed by atoms with Gasteiger partial charge < -0.3 is 10.2 Å². The van der Waals surface area contributed by atoms with E-state index in [0.717, 1.165) is 51.4 Å². The van der Waals surface area contributed by atoms with Crippen molar-refractivity contribution in [3.05, 3.63) is 0 Å². The first-order valence-corrected chi connectivity index (χ1v) is 9.60. The summed E-state index contributed by atoms with van der Waals surface area (Å²) in [5.74, 6) is 0.279. The number of carbonyl (C=O) groups excluding carboxylic acids is 1. The van der Waals surface area contributed by atoms with Gasteiger partial charge in [0, 0.05) is 6.42 Å². The molecule has 4 aliphatic carbocycles. The zero-order chi connectivity index (χ0) is 17.4. The molecule has 0 heterocycles. The summed E-state index contributed by atoms with van der Waals surface area (Å²) >= 11 is 0. The number of carbonyl (C=O) groups is 2. The number of carboxylic acids is 1. The first-order valence-electron chi connectivity index (χ1n) is 9.60. The molecule has 1 spiro atoms. The van der Waals surface area contributed by atoms with Crippen LogP contribution in [0, 0.1) is 33.5 Å². The lowest BCUT2D eigenvalue weighted by molar-refractivity contribution is -0.184. The van der Waals surface area contributed by atoms with Crippen LogP contribution in [-0.4, -0.2) is 28.6 Å². The zero-order valence-corrected chi connectivity index (χ0v) is 14.9. The Balaban J connectivity index is 1.74. The average molecular weight is 334 g/mol. The van der Waals surface area contributed by atoms with Crippen molar-refractivity contribution in [2.75, 3.05) is 6.61 Å². The molecule has 2 N–H and O–H groups in total. The molecular weight excluding hydrogens is 304 g/mol. The largest absolute Gasteiger partial charge is 0.481 e. The Morgan fingerprint density at radius 3 is 2.50 bits per heavy atom. The molecule has 134 valence electrons. The van der Waals surface area contributed by atoms with E-state index in [0.29, 0.717) is 12.3 Å². The molecule has 0 aliphatic heterocycles. The van der Waals surface area contributed by atoms with E-state index in [-0.39, 0.29) is 29.1 Å². The minimum absolute atomic E-state index is 0.00666. The van der Waals surface area contributed by atoms with Crippen LogP contribution in [0.1, 0.15) is 71.6 Å². The summed E-state index contributed by atoms with van der Waals surface area (Å²) in [6.45, 7) is 4.27. The molecule has 0 radical (unpaired) electrons. The van der Waals surface area contributed by atoms with Gasteiger partial charge in [0.15, 0.2) is 0 Å². The molecule has 4 nitrogen and oxygen atoms in total. The second kappa shape index (κ2) is 4.84. The number of carboxylic acid groups (broad SMARTS) is 1. The van der Waals surface area contributed by atoms with Gasteiger partial charge >= 0.3 is 5.97 Å². The maximum Gasteiger partial charge on any atom is 0.309 e. The molecular formula is C20H30O4. The fraction of sp³-hybridized carbons (Fsp3) is 0.900. The number of fused-ring (bicyclic) bond motifs is 3. The predicted molar refractivity (Wildman–Crippen MR) is 89.3 cm³/mol. The van der Waals surface area contributed by atoms with Crippen molar-refractivity contribution in [1.82, 2.24) is 0 Å². The topological polar surface area (TPSA) is 74.6 Å². The van der Waals surface area contributed by atoms with Gasteiger partial charge in [-0.25, -0.2) is 0 Å². The molecule has 0 amide bonds. The number of hydrogen-bond acceptors (Lipinski definition) is 3. The molecule has 0 aromatic carbocycles. The van der Waals surface area contributed by atoms with Gasteiger partial charge in [0.25, 0.3) is 0 Å². The van der Waals surface area contributed by atoms with Gasteiger partial charge in [-0.15, -0.1) is 0 Å². The van der Waals surface area contributed by atoms with Gasteiger partial charge in [-0.3, -0.25) is 9.59 Å². The molecule has 2 unspecified atom stereocenters. The van der Waals surface area contributed by atoms with Crippen LogP contribution >= 0.6 is 0 Å². The summed E-state index contributed by atoms with van der Waals surface area (Å²) in [5, 5.41) is 19.8. The van der Waals surface area contributed by atoms with Gasteiger partial charge in [0.2, 0.25) is 0 Å². The monoisotopic (exact) mass is 334 g/mol. The number of ketones is 1. The van der Waals surface area contributed by atoms with E-state index >= 15 is 0 Å². The Labute approximate surface area is 144 Å². The first-order chi connectivity index (χ1) is 11.2. The van der Waals surface area contributed by atoms with Crippen LogP contribution in [0.5, 0.6) is 0 Å². The molecule has 6 atom stereocenters. The lowest BCUT2D eigenvalue weighted by atomic mass is 9.40. The molecule has 4 rings (SSSR count). The number of rotatable bonds is 2. The van der Waals surface area contributed by atoms with Gasteiger partial charge in [0.05, 0.1) is 17.4 Å². The molecule has 0 aromatic heterocycles. The Morgan fingerprint density at radius 2 is 1.83 bits per heavy atom. The van der Waals surface area contributed by atoms with Crippen LogP contribution in [-0.2, 0) is 9.59 Å². The summed E-state index contributed by atoms with van der Waals surface area (Å²) in [6.07, 6.45) is 7.96. The van der Waals surface area contributed by atoms with Crippen molar-refractivity contribution in [2.24, 2.45) is 33.5 Å². The van der Waals surface area contributed by atoms with Crippen molar-refractivity contribution >= 4 is 11.8 Å². The van der Waals surface area contributed by atoms with Gasteiger partial charge in [-0.05, 0) is 74.5 Å². The Hall–Kier alpha value is -0.900. The molecule has 0 saturated heterocycles. The number of aliphatic carboxylic acids is 1. The molecule has 4 aliphatic rings.